The number of aliphatic imine (C=N–C) groups is 1. The highest BCUT2D eigenvalue weighted by Gasteiger charge is 2.39. The summed E-state index contributed by atoms with van der Waals surface area (Å²) in [5.41, 5.74) is 0. The monoisotopic (exact) mass is 517 g/mol. The highest BCUT2D eigenvalue weighted by molar-refractivity contribution is 5.80. The zero-order chi connectivity index (χ0) is 26.3. The van der Waals surface area contributed by atoms with Gasteiger partial charge in [-0.2, -0.15) is 0 Å². The largest absolute Gasteiger partial charge is 0.475 e. The second kappa shape index (κ2) is 17.5. The van der Waals surface area contributed by atoms with Crippen LogP contribution in [0.3, 0.4) is 0 Å². The Labute approximate surface area is 229 Å². The summed E-state index contributed by atoms with van der Waals surface area (Å²) in [4.78, 5) is 17.3. The normalized spacial score (nSPS) is 28.3. The van der Waals surface area contributed by atoms with Gasteiger partial charge in [-0.25, -0.2) is 4.99 Å². The van der Waals surface area contributed by atoms with Crippen LogP contribution in [-0.4, -0.2) is 30.1 Å². The molecule has 0 bridgehead atoms. The summed E-state index contributed by atoms with van der Waals surface area (Å²) < 4.78 is 12.2. The number of hydrogen-bond acceptors (Lipinski definition) is 4. The molecule has 2 aliphatic carbocycles. The molecule has 0 radical (unpaired) electrons. The number of esters is 1. The van der Waals surface area contributed by atoms with Gasteiger partial charge in [0.2, 0.25) is 0 Å². The lowest BCUT2D eigenvalue weighted by molar-refractivity contribution is -0.151. The van der Waals surface area contributed by atoms with Gasteiger partial charge in [0.25, 0.3) is 0 Å². The van der Waals surface area contributed by atoms with Crippen LogP contribution in [0.4, 0.5) is 0 Å². The zero-order valence-corrected chi connectivity index (χ0v) is 24.7. The molecule has 0 aromatic carbocycles. The van der Waals surface area contributed by atoms with E-state index < -0.39 is 0 Å². The Morgan fingerprint density at radius 2 is 1.54 bits per heavy atom. The SMILES string of the molecule is CCCCCCCCCCCCCC1CCC2OC(C3CCC(OC(=O)CCC(C)CC)CC3)=NC2C1. The fourth-order valence-electron chi connectivity index (χ4n) is 6.63. The molecule has 3 aliphatic rings. The Bertz CT molecular complexity index is 654. The fraction of sp³-hybridized carbons (Fsp3) is 0.939. The lowest BCUT2D eigenvalue weighted by Gasteiger charge is -2.30. The molecule has 1 heterocycles. The van der Waals surface area contributed by atoms with Crippen LogP contribution in [0.25, 0.3) is 0 Å². The number of unbranched alkanes of at least 4 members (excludes halogenated alkanes) is 10. The highest BCUT2D eigenvalue weighted by atomic mass is 16.5. The van der Waals surface area contributed by atoms with E-state index in [-0.39, 0.29) is 12.1 Å². The summed E-state index contributed by atoms with van der Waals surface area (Å²) in [5, 5.41) is 0. The first-order valence-corrected chi connectivity index (χ1v) is 16.5. The number of ether oxygens (including phenoxy) is 2. The topological polar surface area (TPSA) is 47.9 Å². The first-order valence-electron chi connectivity index (χ1n) is 16.5. The lowest BCUT2D eigenvalue weighted by Crippen LogP contribution is -2.32. The molecule has 4 atom stereocenters. The second-order valence-electron chi connectivity index (χ2n) is 12.7. The average Bonchev–Trinajstić information content (AvgIpc) is 3.34. The molecule has 0 aromatic rings. The van der Waals surface area contributed by atoms with Crippen molar-refractivity contribution in [3.05, 3.63) is 0 Å². The van der Waals surface area contributed by atoms with Crippen molar-refractivity contribution in [1.29, 1.82) is 0 Å². The molecule has 0 N–H and O–H groups in total. The maximum absolute atomic E-state index is 12.2. The van der Waals surface area contributed by atoms with E-state index in [9.17, 15) is 4.79 Å². The van der Waals surface area contributed by atoms with E-state index in [1.54, 1.807) is 0 Å². The van der Waals surface area contributed by atoms with E-state index in [0.29, 0.717) is 30.4 Å². The summed E-state index contributed by atoms with van der Waals surface area (Å²) in [6, 6.07) is 0.401. The van der Waals surface area contributed by atoms with Crippen LogP contribution in [0.2, 0.25) is 0 Å². The van der Waals surface area contributed by atoms with E-state index in [1.807, 2.05) is 0 Å². The number of rotatable bonds is 18. The number of nitrogens with zero attached hydrogens (tertiary/aromatic N) is 1. The van der Waals surface area contributed by atoms with Crippen LogP contribution in [0, 0.1) is 17.8 Å². The van der Waals surface area contributed by atoms with Crippen molar-refractivity contribution in [2.45, 2.75) is 180 Å². The minimum atomic E-state index is -0.00641. The van der Waals surface area contributed by atoms with E-state index >= 15 is 0 Å². The third-order valence-corrected chi connectivity index (χ3v) is 9.50. The molecule has 1 aliphatic heterocycles. The Morgan fingerprint density at radius 3 is 2.19 bits per heavy atom. The summed E-state index contributed by atoms with van der Waals surface area (Å²) in [7, 11) is 0. The summed E-state index contributed by atoms with van der Waals surface area (Å²) >= 11 is 0. The van der Waals surface area contributed by atoms with Crippen molar-refractivity contribution < 1.29 is 14.3 Å². The molecule has 4 unspecified atom stereocenters. The first kappa shape index (κ1) is 30.5. The lowest BCUT2D eigenvalue weighted by atomic mass is 9.81. The van der Waals surface area contributed by atoms with E-state index in [1.165, 1.54) is 96.3 Å². The van der Waals surface area contributed by atoms with Gasteiger partial charge in [0.15, 0.2) is 5.90 Å². The number of carbonyl (C=O) groups is 1. The van der Waals surface area contributed by atoms with Gasteiger partial charge in [-0.15, -0.1) is 0 Å². The zero-order valence-electron chi connectivity index (χ0n) is 24.7. The maximum Gasteiger partial charge on any atom is 0.306 e. The van der Waals surface area contributed by atoms with Crippen LogP contribution in [0.1, 0.15) is 162 Å². The Kier molecular flexibility index (Phi) is 14.4. The molecule has 4 nitrogen and oxygen atoms in total. The molecule has 4 heteroatoms. The molecule has 37 heavy (non-hydrogen) atoms. The standard InChI is InChI=1S/C33H59NO3/c1-4-6-7-8-9-10-11-12-13-14-15-16-27-18-23-31-30(25-27)34-33(37-31)28-19-21-29(22-20-28)36-32(35)24-17-26(3)5-2/h26-31H,4-25H2,1-3H3. The molecular weight excluding hydrogens is 458 g/mol. The Balaban J connectivity index is 1.24. The van der Waals surface area contributed by atoms with Crippen LogP contribution in [0.5, 0.6) is 0 Å². The molecule has 0 amide bonds. The van der Waals surface area contributed by atoms with Crippen molar-refractivity contribution in [3.63, 3.8) is 0 Å². The number of hydrogen-bond donors (Lipinski definition) is 0. The van der Waals surface area contributed by atoms with Gasteiger partial charge in [-0.1, -0.05) is 104 Å². The van der Waals surface area contributed by atoms with Gasteiger partial charge in [0, 0.05) is 12.3 Å². The van der Waals surface area contributed by atoms with Gasteiger partial charge < -0.3 is 9.47 Å². The van der Waals surface area contributed by atoms with Crippen molar-refractivity contribution >= 4 is 11.9 Å². The van der Waals surface area contributed by atoms with Gasteiger partial charge in [-0.3, -0.25) is 4.79 Å². The summed E-state index contributed by atoms with van der Waals surface area (Å²) in [5.74, 6) is 2.91. The molecule has 214 valence electrons. The predicted octanol–water partition coefficient (Wildman–Crippen LogP) is 9.58. The van der Waals surface area contributed by atoms with Gasteiger partial charge in [-0.05, 0) is 63.2 Å². The first-order chi connectivity index (χ1) is 18.1. The molecule has 0 saturated heterocycles. The number of fused-ring (bicyclic) bond motifs is 1. The van der Waals surface area contributed by atoms with Crippen LogP contribution < -0.4 is 0 Å². The smallest absolute Gasteiger partial charge is 0.306 e. The molecule has 2 fully saturated rings. The van der Waals surface area contributed by atoms with Crippen molar-refractivity contribution in [2.24, 2.45) is 22.7 Å². The van der Waals surface area contributed by atoms with Crippen molar-refractivity contribution in [1.82, 2.24) is 0 Å². The third kappa shape index (κ3) is 11.3. The third-order valence-electron chi connectivity index (χ3n) is 9.50. The molecular formula is C33H59NO3. The minimum absolute atomic E-state index is 0.00641. The highest BCUT2D eigenvalue weighted by Crippen LogP contribution is 2.38. The molecule has 3 rings (SSSR count). The fourth-order valence-corrected chi connectivity index (χ4v) is 6.63. The molecule has 0 aromatic heterocycles. The van der Waals surface area contributed by atoms with Crippen LogP contribution >= 0.6 is 0 Å². The van der Waals surface area contributed by atoms with Crippen LogP contribution in [0.15, 0.2) is 4.99 Å². The van der Waals surface area contributed by atoms with Gasteiger partial charge in [0.05, 0.1) is 6.04 Å². The van der Waals surface area contributed by atoms with Crippen LogP contribution in [-0.2, 0) is 14.3 Å². The van der Waals surface area contributed by atoms with Gasteiger partial charge >= 0.3 is 5.97 Å². The van der Waals surface area contributed by atoms with Gasteiger partial charge in [0.1, 0.15) is 12.2 Å². The summed E-state index contributed by atoms with van der Waals surface area (Å²) in [6.45, 7) is 6.68. The van der Waals surface area contributed by atoms with E-state index in [2.05, 4.69) is 20.8 Å². The summed E-state index contributed by atoms with van der Waals surface area (Å²) in [6.07, 6.45) is 27.8. The second-order valence-corrected chi connectivity index (χ2v) is 12.7. The minimum Gasteiger partial charge on any atom is -0.475 e. The quantitative estimate of drug-likeness (QED) is 0.134. The molecule has 2 saturated carbocycles. The Hall–Kier alpha value is -1.06. The molecule has 0 spiro atoms. The van der Waals surface area contributed by atoms with Crippen molar-refractivity contribution in [3.8, 4) is 0 Å². The predicted molar refractivity (Wildman–Crippen MR) is 155 cm³/mol. The van der Waals surface area contributed by atoms with E-state index in [0.717, 1.165) is 50.3 Å². The average molecular weight is 518 g/mol. The Morgan fingerprint density at radius 1 is 0.892 bits per heavy atom. The number of carbonyl (C=O) groups excluding carboxylic acids is 1. The maximum atomic E-state index is 12.2. The van der Waals surface area contributed by atoms with E-state index in [4.69, 9.17) is 14.5 Å². The van der Waals surface area contributed by atoms with Crippen molar-refractivity contribution in [2.75, 3.05) is 0 Å².